The summed E-state index contributed by atoms with van der Waals surface area (Å²) >= 11 is 11.1. The van der Waals surface area contributed by atoms with Gasteiger partial charge in [-0.2, -0.15) is 5.10 Å². The number of thiophene rings is 1. The van der Waals surface area contributed by atoms with Crippen LogP contribution in [0.4, 0.5) is 5.69 Å². The maximum absolute atomic E-state index is 6.07. The average molecular weight is 383 g/mol. The predicted molar refractivity (Wildman–Crippen MR) is 92.1 cm³/mol. The largest absolute Gasteiger partial charge is 0.380 e. The molecule has 3 aromatic rings. The Hall–Kier alpha value is -1.30. The highest BCUT2D eigenvalue weighted by atomic mass is 79.9. The Balaban J connectivity index is 1.73. The van der Waals surface area contributed by atoms with Crippen molar-refractivity contribution in [2.75, 3.05) is 5.32 Å². The van der Waals surface area contributed by atoms with Crippen molar-refractivity contribution in [3.63, 3.8) is 0 Å². The summed E-state index contributed by atoms with van der Waals surface area (Å²) < 4.78 is 3.66. The molecule has 0 aliphatic rings. The van der Waals surface area contributed by atoms with Gasteiger partial charge in [-0.15, -0.1) is 11.3 Å². The third-order valence-electron chi connectivity index (χ3n) is 3.06. The fraction of sp³-hybridized carbons (Fsp3) is 0.133. The summed E-state index contributed by atoms with van der Waals surface area (Å²) in [5.74, 6) is 0. The predicted octanol–water partition coefficient (Wildman–Crippen LogP) is 5.02. The molecule has 0 aliphatic carbocycles. The van der Waals surface area contributed by atoms with Gasteiger partial charge in [0, 0.05) is 34.0 Å². The average Bonchev–Trinajstić information content (AvgIpc) is 3.09. The van der Waals surface area contributed by atoms with E-state index >= 15 is 0 Å². The molecule has 0 spiro atoms. The number of hydrogen-bond acceptors (Lipinski definition) is 3. The van der Waals surface area contributed by atoms with Crippen LogP contribution in [0, 0.1) is 0 Å². The minimum atomic E-state index is 0.755. The zero-order valence-corrected chi connectivity index (χ0v) is 14.3. The molecule has 2 aromatic heterocycles. The van der Waals surface area contributed by atoms with Crippen LogP contribution in [0.5, 0.6) is 0 Å². The fourth-order valence-corrected chi connectivity index (χ4v) is 3.79. The summed E-state index contributed by atoms with van der Waals surface area (Å²) in [6.45, 7) is 1.51. The number of rotatable bonds is 5. The van der Waals surface area contributed by atoms with Crippen LogP contribution in [0.25, 0.3) is 0 Å². The van der Waals surface area contributed by atoms with E-state index in [0.29, 0.717) is 0 Å². The Bertz CT molecular complexity index is 705. The molecular formula is C15H13BrClN3S. The summed E-state index contributed by atoms with van der Waals surface area (Å²) in [4.78, 5) is 1.20. The molecule has 0 unspecified atom stereocenters. The van der Waals surface area contributed by atoms with Crippen molar-refractivity contribution in [3.8, 4) is 0 Å². The summed E-state index contributed by atoms with van der Waals surface area (Å²) in [7, 11) is 0. The molecule has 0 amide bonds. The van der Waals surface area contributed by atoms with Crippen molar-refractivity contribution in [2.45, 2.75) is 13.1 Å². The lowest BCUT2D eigenvalue weighted by Crippen LogP contribution is -2.05. The highest BCUT2D eigenvalue weighted by Gasteiger charge is 2.06. The van der Waals surface area contributed by atoms with Gasteiger partial charge in [-0.3, -0.25) is 4.68 Å². The van der Waals surface area contributed by atoms with Crippen LogP contribution < -0.4 is 5.32 Å². The van der Waals surface area contributed by atoms with Crippen LogP contribution in [0.2, 0.25) is 4.34 Å². The molecule has 0 fully saturated rings. The van der Waals surface area contributed by atoms with Crippen molar-refractivity contribution in [1.29, 1.82) is 0 Å². The van der Waals surface area contributed by atoms with Crippen molar-refractivity contribution >= 4 is 44.6 Å². The van der Waals surface area contributed by atoms with Gasteiger partial charge in [0.15, 0.2) is 0 Å². The number of benzene rings is 1. The van der Waals surface area contributed by atoms with Crippen LogP contribution >= 0.6 is 38.9 Å². The molecule has 0 bridgehead atoms. The molecule has 0 saturated heterocycles. The van der Waals surface area contributed by atoms with Crippen molar-refractivity contribution in [1.82, 2.24) is 9.78 Å². The highest BCUT2D eigenvalue weighted by Crippen LogP contribution is 2.32. The monoisotopic (exact) mass is 381 g/mol. The third kappa shape index (κ3) is 3.67. The van der Waals surface area contributed by atoms with Crippen LogP contribution in [0.1, 0.15) is 10.4 Å². The van der Waals surface area contributed by atoms with E-state index < -0.39 is 0 Å². The number of halogens is 2. The molecule has 1 N–H and O–H groups in total. The van der Waals surface area contributed by atoms with E-state index in [1.165, 1.54) is 10.4 Å². The molecule has 6 heteroatoms. The molecule has 21 heavy (non-hydrogen) atoms. The SMILES string of the molecule is Clc1sc(CNc2ccccc2Cn2cccn2)cc1Br. The van der Waals surface area contributed by atoms with Gasteiger partial charge in [0.25, 0.3) is 0 Å². The number of hydrogen-bond donors (Lipinski definition) is 1. The Labute approximate surface area is 140 Å². The molecule has 108 valence electrons. The summed E-state index contributed by atoms with van der Waals surface area (Å²) in [5.41, 5.74) is 2.33. The van der Waals surface area contributed by atoms with Crippen LogP contribution in [0.15, 0.2) is 53.3 Å². The van der Waals surface area contributed by atoms with Crippen LogP contribution in [-0.2, 0) is 13.1 Å². The molecule has 1 aromatic carbocycles. The second-order valence-electron chi connectivity index (χ2n) is 4.55. The summed E-state index contributed by atoms with van der Waals surface area (Å²) in [6, 6.07) is 12.3. The number of para-hydroxylation sites is 1. The molecule has 0 atom stereocenters. The Kier molecular flexibility index (Phi) is 4.63. The minimum absolute atomic E-state index is 0.755. The van der Waals surface area contributed by atoms with Crippen LogP contribution in [-0.4, -0.2) is 9.78 Å². The number of aromatic nitrogens is 2. The van der Waals surface area contributed by atoms with Crippen molar-refractivity contribution in [2.24, 2.45) is 0 Å². The van der Waals surface area contributed by atoms with E-state index in [1.807, 2.05) is 29.1 Å². The maximum Gasteiger partial charge on any atom is 0.107 e. The van der Waals surface area contributed by atoms with Gasteiger partial charge in [-0.05, 0) is 39.7 Å². The maximum atomic E-state index is 6.07. The lowest BCUT2D eigenvalue weighted by atomic mass is 10.1. The minimum Gasteiger partial charge on any atom is -0.380 e. The van der Waals surface area contributed by atoms with E-state index in [0.717, 1.165) is 27.6 Å². The number of nitrogens with zero attached hydrogens (tertiary/aromatic N) is 2. The highest BCUT2D eigenvalue weighted by molar-refractivity contribution is 9.10. The van der Waals surface area contributed by atoms with Gasteiger partial charge in [0.05, 0.1) is 6.54 Å². The smallest absolute Gasteiger partial charge is 0.107 e. The van der Waals surface area contributed by atoms with Gasteiger partial charge < -0.3 is 5.32 Å². The Morgan fingerprint density at radius 1 is 1.29 bits per heavy atom. The standard InChI is InChI=1S/C15H13BrClN3S/c16-13-8-12(21-15(13)17)9-18-14-5-2-1-4-11(14)10-20-7-3-6-19-20/h1-8,18H,9-10H2. The molecule has 2 heterocycles. The lowest BCUT2D eigenvalue weighted by molar-refractivity contribution is 0.687. The zero-order valence-electron chi connectivity index (χ0n) is 11.1. The van der Waals surface area contributed by atoms with E-state index in [9.17, 15) is 0 Å². The topological polar surface area (TPSA) is 29.9 Å². The molecule has 3 rings (SSSR count). The second-order valence-corrected chi connectivity index (χ2v) is 7.14. The van der Waals surface area contributed by atoms with Gasteiger partial charge in [0.2, 0.25) is 0 Å². The first kappa shape index (κ1) is 14.6. The molecule has 3 nitrogen and oxygen atoms in total. The molecule has 0 saturated carbocycles. The summed E-state index contributed by atoms with van der Waals surface area (Å²) in [5, 5.41) is 7.73. The third-order valence-corrected chi connectivity index (χ3v) is 5.53. The fourth-order valence-electron chi connectivity index (χ4n) is 2.06. The molecule has 0 aliphatic heterocycles. The quantitative estimate of drug-likeness (QED) is 0.671. The summed E-state index contributed by atoms with van der Waals surface area (Å²) in [6.07, 6.45) is 3.76. The van der Waals surface area contributed by atoms with Crippen molar-refractivity contribution in [3.05, 3.63) is 68.0 Å². The Morgan fingerprint density at radius 3 is 2.86 bits per heavy atom. The first-order valence-electron chi connectivity index (χ1n) is 6.45. The molecular weight excluding hydrogens is 370 g/mol. The van der Waals surface area contributed by atoms with E-state index in [2.05, 4.69) is 44.5 Å². The number of anilines is 1. The number of nitrogens with one attached hydrogen (secondary N) is 1. The van der Waals surface area contributed by atoms with E-state index in [4.69, 9.17) is 11.6 Å². The van der Waals surface area contributed by atoms with Crippen LogP contribution in [0.3, 0.4) is 0 Å². The zero-order chi connectivity index (χ0) is 14.7. The van der Waals surface area contributed by atoms with Gasteiger partial charge in [0.1, 0.15) is 4.34 Å². The first-order valence-corrected chi connectivity index (χ1v) is 8.44. The van der Waals surface area contributed by atoms with Gasteiger partial charge >= 0.3 is 0 Å². The Morgan fingerprint density at radius 2 is 2.14 bits per heavy atom. The normalized spacial score (nSPS) is 10.8. The first-order chi connectivity index (χ1) is 10.2. The lowest BCUT2D eigenvalue weighted by Gasteiger charge is -2.11. The van der Waals surface area contributed by atoms with Gasteiger partial charge in [-0.1, -0.05) is 29.8 Å². The van der Waals surface area contributed by atoms with Crippen molar-refractivity contribution < 1.29 is 0 Å². The van der Waals surface area contributed by atoms with Gasteiger partial charge in [-0.25, -0.2) is 0 Å². The molecule has 0 radical (unpaired) electrons. The van der Waals surface area contributed by atoms with E-state index in [-0.39, 0.29) is 0 Å². The second kappa shape index (κ2) is 6.64. The van der Waals surface area contributed by atoms with E-state index in [1.54, 1.807) is 17.5 Å².